The lowest BCUT2D eigenvalue weighted by Crippen LogP contribution is -2.71. The molecule has 0 aromatic rings. The fourth-order valence-corrected chi connectivity index (χ4v) is 16.3. The van der Waals surface area contributed by atoms with Crippen molar-refractivity contribution in [2.24, 2.45) is 50.2 Å². The van der Waals surface area contributed by atoms with Crippen molar-refractivity contribution in [1.82, 2.24) is 0 Å². The predicted molar refractivity (Wildman–Crippen MR) is 259 cm³/mol. The third kappa shape index (κ3) is 9.21. The van der Waals surface area contributed by atoms with Crippen LogP contribution < -0.4 is 0 Å². The van der Waals surface area contributed by atoms with Crippen molar-refractivity contribution in [3.63, 3.8) is 0 Å². The molecule has 4 aliphatic heterocycles. The van der Waals surface area contributed by atoms with Gasteiger partial charge in [0, 0.05) is 0 Å². The highest BCUT2D eigenvalue weighted by molar-refractivity contribution is 5.80. The van der Waals surface area contributed by atoms with E-state index in [1.54, 1.807) is 0 Å². The van der Waals surface area contributed by atoms with Crippen molar-refractivity contribution in [3.05, 3.63) is 11.6 Å². The van der Waals surface area contributed by atoms with Crippen LogP contribution in [-0.2, 0) is 52.3 Å². The SMILES string of the molecule is CC1OC(OC(=O)C23CCC(C)(C)CC2C2=CCC4C5(C)CC(O)C(OC6OC(C(=O)O)C(O)C(O)C6O)C(C)(C(=O)O)C5CCC4(C)C2(C)CC3O)C(OC2OC(C)C(OC3OCC(O)C(O)C3O)C(O)C2O)C(O)C1O. The van der Waals surface area contributed by atoms with Gasteiger partial charge in [-0.25, -0.2) is 4.79 Å². The van der Waals surface area contributed by atoms with E-state index in [0.29, 0.717) is 25.7 Å². The van der Waals surface area contributed by atoms with Gasteiger partial charge in [0.25, 0.3) is 0 Å². The standard InChI is InChI=1S/C53H82O25/c1-19-28(57)31(60)39(76-43-36(65)33(62)37(20(2)73-43)74-42-34(63)29(58)24(55)18-71-42)45(72-19)78-47(70)53-14-13-48(3,4)15-22(53)21-9-10-25-49(5)16-23(54)40(77-44-35(64)30(59)32(61)38(75-44)41(66)67)52(8,46(68)69)26(49)11-12-50(25,6)51(21,7)17-27(53)56/h9,19-20,22-40,42-45,54-65H,10-18H2,1-8H3,(H,66,67)(H,68,69). The summed E-state index contributed by atoms with van der Waals surface area (Å²) < 4.78 is 46.8. The van der Waals surface area contributed by atoms with Gasteiger partial charge in [0.15, 0.2) is 31.1 Å². The van der Waals surface area contributed by atoms with E-state index < -0.39 is 198 Å². The van der Waals surface area contributed by atoms with Gasteiger partial charge in [-0.2, -0.15) is 0 Å². The van der Waals surface area contributed by atoms with Crippen LogP contribution in [0.3, 0.4) is 0 Å². The molecular formula is C53H82O25. The van der Waals surface area contributed by atoms with Crippen molar-refractivity contribution >= 4 is 17.9 Å². The van der Waals surface area contributed by atoms with Crippen LogP contribution in [0.15, 0.2) is 11.6 Å². The molecule has 0 aromatic heterocycles. The molecule has 78 heavy (non-hydrogen) atoms. The Kier molecular flexibility index (Phi) is 16.1. The van der Waals surface area contributed by atoms with E-state index in [2.05, 4.69) is 33.8 Å². The summed E-state index contributed by atoms with van der Waals surface area (Å²) in [4.78, 5) is 41.1. The fourth-order valence-electron chi connectivity index (χ4n) is 16.3. The van der Waals surface area contributed by atoms with E-state index in [0.717, 1.165) is 5.57 Å². The average Bonchev–Trinajstić information content (AvgIpc) is 1.99. The third-order valence-corrected chi connectivity index (χ3v) is 21.0. The lowest BCUT2D eigenvalue weighted by atomic mass is 9.33. The summed E-state index contributed by atoms with van der Waals surface area (Å²) in [5.74, 6) is -5.54. The molecule has 14 N–H and O–H groups in total. The van der Waals surface area contributed by atoms with Crippen LogP contribution in [0.25, 0.3) is 0 Å². The number of carbonyl (C=O) groups is 3. The Morgan fingerprint density at radius 1 is 0.590 bits per heavy atom. The number of fused-ring (bicyclic) bond motifs is 7. The minimum Gasteiger partial charge on any atom is -0.481 e. The molecule has 0 aromatic carbocycles. The molecule has 4 saturated carbocycles. The first kappa shape index (κ1) is 60.0. The number of carboxylic acid groups (broad SMARTS) is 2. The number of esters is 1. The Balaban J connectivity index is 0.982. The summed E-state index contributed by atoms with van der Waals surface area (Å²) >= 11 is 0. The molecule has 30 atom stereocenters. The first-order chi connectivity index (χ1) is 36.2. The Hall–Kier alpha value is -2.61. The first-order valence-corrected chi connectivity index (χ1v) is 27.3. The summed E-state index contributed by atoms with van der Waals surface area (Å²) in [5.41, 5.74) is -5.41. The molecule has 9 rings (SSSR count). The summed E-state index contributed by atoms with van der Waals surface area (Å²) in [5, 5.41) is 154. The maximum atomic E-state index is 15.4. The van der Waals surface area contributed by atoms with Gasteiger partial charge in [-0.15, -0.1) is 0 Å². The van der Waals surface area contributed by atoms with Crippen molar-refractivity contribution < 1.29 is 124 Å². The molecule has 4 heterocycles. The van der Waals surface area contributed by atoms with Crippen LogP contribution in [-0.4, -0.2) is 231 Å². The lowest BCUT2D eigenvalue weighted by Gasteiger charge is -2.71. The summed E-state index contributed by atoms with van der Waals surface area (Å²) in [6.45, 7) is 14.2. The normalized spacial score (nSPS) is 55.0. The Morgan fingerprint density at radius 3 is 1.85 bits per heavy atom. The first-order valence-electron chi connectivity index (χ1n) is 27.3. The van der Waals surface area contributed by atoms with Gasteiger partial charge in [-0.1, -0.05) is 46.3 Å². The summed E-state index contributed by atoms with van der Waals surface area (Å²) in [7, 11) is 0. The number of ether oxygens (including phenoxy) is 8. The molecule has 25 heteroatoms. The topological polar surface area (TPSA) is 408 Å². The van der Waals surface area contributed by atoms with Crippen LogP contribution >= 0.6 is 0 Å². The van der Waals surface area contributed by atoms with Gasteiger partial charge < -0.3 is 109 Å². The predicted octanol–water partition coefficient (Wildman–Crippen LogP) is -2.24. The Labute approximate surface area is 450 Å². The largest absolute Gasteiger partial charge is 0.481 e. The molecule has 4 saturated heterocycles. The highest BCUT2D eigenvalue weighted by Gasteiger charge is 2.74. The number of carboxylic acids is 2. The number of hydrogen-bond acceptors (Lipinski definition) is 23. The van der Waals surface area contributed by atoms with Gasteiger partial charge in [-0.05, 0) is 112 Å². The highest BCUT2D eigenvalue weighted by atomic mass is 16.8. The lowest BCUT2D eigenvalue weighted by molar-refractivity contribution is -0.373. The van der Waals surface area contributed by atoms with E-state index in [-0.39, 0.29) is 37.0 Å². The van der Waals surface area contributed by atoms with Crippen molar-refractivity contribution in [3.8, 4) is 0 Å². The van der Waals surface area contributed by atoms with Crippen molar-refractivity contribution in [2.75, 3.05) is 6.61 Å². The number of rotatable bonds is 10. The minimum atomic E-state index is -2.03. The van der Waals surface area contributed by atoms with Crippen LogP contribution in [0.4, 0.5) is 0 Å². The molecule has 9 aliphatic rings. The minimum absolute atomic E-state index is 0.00849. The molecule has 25 nitrogen and oxygen atoms in total. The smallest absolute Gasteiger partial charge is 0.335 e. The Bertz CT molecular complexity index is 2290. The molecule has 444 valence electrons. The molecule has 0 amide bonds. The maximum absolute atomic E-state index is 15.4. The van der Waals surface area contributed by atoms with Crippen LogP contribution in [0.2, 0.25) is 0 Å². The second kappa shape index (κ2) is 20.9. The zero-order valence-corrected chi connectivity index (χ0v) is 45.1. The van der Waals surface area contributed by atoms with E-state index in [9.17, 15) is 81.1 Å². The number of hydrogen-bond donors (Lipinski definition) is 14. The monoisotopic (exact) mass is 1120 g/mol. The molecular weight excluding hydrogens is 1040 g/mol. The van der Waals surface area contributed by atoms with Crippen LogP contribution in [0.5, 0.6) is 0 Å². The molecule has 0 spiro atoms. The second-order valence-corrected chi connectivity index (χ2v) is 25.9. The summed E-state index contributed by atoms with van der Waals surface area (Å²) in [6.07, 6.45) is -32.7. The molecule has 0 bridgehead atoms. The van der Waals surface area contributed by atoms with Gasteiger partial charge in [0.2, 0.25) is 6.29 Å². The number of aliphatic hydroxyl groups is 12. The number of allylic oxidation sites excluding steroid dienone is 2. The van der Waals surface area contributed by atoms with Gasteiger partial charge in [-0.3, -0.25) is 9.59 Å². The molecule has 5 aliphatic carbocycles. The quantitative estimate of drug-likeness (QED) is 0.0625. The zero-order chi connectivity index (χ0) is 57.5. The third-order valence-electron chi connectivity index (χ3n) is 21.0. The summed E-state index contributed by atoms with van der Waals surface area (Å²) in [6, 6.07) is 0. The second-order valence-electron chi connectivity index (χ2n) is 25.9. The number of aliphatic carboxylic acids is 2. The van der Waals surface area contributed by atoms with Crippen molar-refractivity contribution in [1.29, 1.82) is 0 Å². The van der Waals surface area contributed by atoms with Crippen molar-refractivity contribution in [2.45, 2.75) is 242 Å². The van der Waals surface area contributed by atoms with E-state index >= 15 is 4.79 Å². The number of aliphatic hydroxyl groups excluding tert-OH is 12. The van der Waals surface area contributed by atoms with E-state index in [1.165, 1.54) is 20.8 Å². The van der Waals surface area contributed by atoms with Gasteiger partial charge in [0.05, 0.1) is 36.4 Å². The van der Waals surface area contributed by atoms with Gasteiger partial charge >= 0.3 is 17.9 Å². The molecule has 8 fully saturated rings. The van der Waals surface area contributed by atoms with E-state index in [1.807, 2.05) is 6.92 Å². The zero-order valence-electron chi connectivity index (χ0n) is 45.1. The fraction of sp³-hybridized carbons (Fsp3) is 0.906. The highest BCUT2D eigenvalue weighted by Crippen LogP contribution is 2.76. The average molecular weight is 1120 g/mol. The molecule has 30 unspecified atom stereocenters. The van der Waals surface area contributed by atoms with Crippen LogP contribution in [0.1, 0.15) is 107 Å². The number of carbonyl (C=O) groups excluding carboxylic acids is 1. The maximum Gasteiger partial charge on any atom is 0.335 e. The molecule has 0 radical (unpaired) electrons. The van der Waals surface area contributed by atoms with Crippen LogP contribution in [0, 0.1) is 50.2 Å². The Morgan fingerprint density at radius 2 is 1.19 bits per heavy atom. The van der Waals surface area contributed by atoms with Gasteiger partial charge in [0.1, 0.15) is 78.7 Å². The van der Waals surface area contributed by atoms with E-state index in [4.69, 9.17) is 37.9 Å².